The molecule has 0 spiro atoms. The summed E-state index contributed by atoms with van der Waals surface area (Å²) in [6, 6.07) is 14.9. The fourth-order valence-corrected chi connectivity index (χ4v) is 4.79. The van der Waals surface area contributed by atoms with Gasteiger partial charge in [-0.1, -0.05) is 41.9 Å². The van der Waals surface area contributed by atoms with Crippen LogP contribution in [0.25, 0.3) is 21.9 Å². The number of nitrogens with one attached hydrogen (secondary N) is 2. The molecule has 7 heteroatoms. The smallest absolute Gasteiger partial charge is 0.147 e. The Labute approximate surface area is 176 Å². The lowest BCUT2D eigenvalue weighted by atomic mass is 9.92. The molecule has 0 saturated carbocycles. The Hall–Kier alpha value is -3.38. The lowest BCUT2D eigenvalue weighted by Gasteiger charge is -2.37. The van der Waals surface area contributed by atoms with Crippen LogP contribution in [0.15, 0.2) is 61.1 Å². The van der Waals surface area contributed by atoms with E-state index in [0.717, 1.165) is 34.5 Å². The van der Waals surface area contributed by atoms with E-state index >= 15 is 4.39 Å². The number of benzene rings is 2. The van der Waals surface area contributed by atoms with Crippen molar-refractivity contribution in [1.29, 1.82) is 0 Å². The summed E-state index contributed by atoms with van der Waals surface area (Å²) in [4.78, 5) is 17.7. The van der Waals surface area contributed by atoms with E-state index in [4.69, 9.17) is 11.6 Å². The summed E-state index contributed by atoms with van der Waals surface area (Å²) in [5.74, 6) is 0.370. The molecule has 1 aliphatic rings. The molecule has 5 nitrogen and oxygen atoms in total. The molecular weight excluding hydrogens is 401 g/mol. The van der Waals surface area contributed by atoms with Gasteiger partial charge in [-0.15, -0.1) is 0 Å². The van der Waals surface area contributed by atoms with Crippen LogP contribution in [-0.4, -0.2) is 26.5 Å². The van der Waals surface area contributed by atoms with Gasteiger partial charge in [0.05, 0.1) is 16.5 Å². The van der Waals surface area contributed by atoms with Crippen LogP contribution in [0.4, 0.5) is 10.2 Å². The Balaban J connectivity index is 1.63. The van der Waals surface area contributed by atoms with Crippen molar-refractivity contribution in [2.45, 2.75) is 12.5 Å². The average Bonchev–Trinajstić information content (AvgIpc) is 3.39. The number of hydrogen-bond acceptors (Lipinski definition) is 3. The first-order valence-corrected chi connectivity index (χ1v) is 10.2. The number of aromatic nitrogens is 4. The fraction of sp³-hybridized carbons (Fsp3) is 0.130. The van der Waals surface area contributed by atoms with Gasteiger partial charge in [0.2, 0.25) is 0 Å². The fourth-order valence-electron chi connectivity index (χ4n) is 4.61. The standard InChI is InChI=1S/C23H17ClFN5/c24-17-6-3-5-15(19(17)25)21-20-14(13-4-1-2-7-18(13)29-20)9-11-30(21)23-16-8-10-26-22(16)27-12-28-23/h1-8,10,12,21,29H,9,11H2,(H,26,27,28). The third-order valence-electron chi connectivity index (χ3n) is 5.92. The third kappa shape index (κ3) is 2.47. The number of nitrogens with zero attached hydrogens (tertiary/aromatic N) is 3. The first-order valence-electron chi connectivity index (χ1n) is 9.80. The van der Waals surface area contributed by atoms with Gasteiger partial charge in [-0.25, -0.2) is 14.4 Å². The summed E-state index contributed by atoms with van der Waals surface area (Å²) in [6.45, 7) is 0.697. The summed E-state index contributed by atoms with van der Waals surface area (Å²) in [5, 5.41) is 2.20. The Morgan fingerprint density at radius 2 is 1.93 bits per heavy atom. The highest BCUT2D eigenvalue weighted by molar-refractivity contribution is 6.30. The van der Waals surface area contributed by atoms with Crippen molar-refractivity contribution >= 4 is 39.4 Å². The van der Waals surface area contributed by atoms with E-state index < -0.39 is 5.82 Å². The molecule has 2 N–H and O–H groups in total. The summed E-state index contributed by atoms with van der Waals surface area (Å²) >= 11 is 6.18. The molecule has 148 valence electrons. The molecule has 6 rings (SSSR count). The Kier molecular flexibility index (Phi) is 3.83. The number of hydrogen-bond donors (Lipinski definition) is 2. The van der Waals surface area contributed by atoms with Crippen molar-refractivity contribution in [3.8, 4) is 0 Å². The van der Waals surface area contributed by atoms with E-state index in [2.05, 4.69) is 37.0 Å². The molecule has 30 heavy (non-hydrogen) atoms. The second-order valence-electron chi connectivity index (χ2n) is 7.49. The molecule has 0 radical (unpaired) electrons. The molecule has 0 fully saturated rings. The largest absolute Gasteiger partial charge is 0.356 e. The zero-order valence-corrected chi connectivity index (χ0v) is 16.6. The molecule has 1 aliphatic heterocycles. The third-order valence-corrected chi connectivity index (χ3v) is 6.21. The van der Waals surface area contributed by atoms with Crippen molar-refractivity contribution < 1.29 is 4.39 Å². The summed E-state index contributed by atoms with van der Waals surface area (Å²) in [5.41, 5.74) is 4.52. The number of para-hydroxylation sites is 1. The monoisotopic (exact) mass is 417 g/mol. The molecule has 1 unspecified atom stereocenters. The van der Waals surface area contributed by atoms with Crippen LogP contribution < -0.4 is 4.90 Å². The molecule has 0 saturated heterocycles. The number of aromatic amines is 2. The highest BCUT2D eigenvalue weighted by Gasteiger charge is 2.35. The molecule has 2 aromatic carbocycles. The maximum Gasteiger partial charge on any atom is 0.147 e. The number of H-pyrrole nitrogens is 2. The van der Waals surface area contributed by atoms with E-state index in [1.807, 2.05) is 24.4 Å². The predicted octanol–water partition coefficient (Wildman–Crippen LogP) is 5.38. The minimum Gasteiger partial charge on any atom is -0.356 e. The Morgan fingerprint density at radius 1 is 1.03 bits per heavy atom. The van der Waals surface area contributed by atoms with Gasteiger partial charge in [-0.3, -0.25) is 0 Å². The van der Waals surface area contributed by atoms with Crippen LogP contribution in [-0.2, 0) is 6.42 Å². The first kappa shape index (κ1) is 17.5. The van der Waals surface area contributed by atoms with E-state index in [-0.39, 0.29) is 11.1 Å². The average molecular weight is 418 g/mol. The molecule has 3 aromatic heterocycles. The van der Waals surface area contributed by atoms with Crippen molar-refractivity contribution in [3.05, 3.63) is 88.7 Å². The molecule has 4 heterocycles. The van der Waals surface area contributed by atoms with Gasteiger partial charge in [0.1, 0.15) is 23.6 Å². The molecule has 0 aliphatic carbocycles. The van der Waals surface area contributed by atoms with Crippen molar-refractivity contribution in [2.24, 2.45) is 0 Å². The minimum absolute atomic E-state index is 0.116. The van der Waals surface area contributed by atoms with Crippen LogP contribution in [0.3, 0.4) is 0 Å². The zero-order chi connectivity index (χ0) is 20.2. The van der Waals surface area contributed by atoms with E-state index in [1.54, 1.807) is 24.5 Å². The highest BCUT2D eigenvalue weighted by atomic mass is 35.5. The normalized spacial score (nSPS) is 16.3. The highest BCUT2D eigenvalue weighted by Crippen LogP contribution is 2.43. The van der Waals surface area contributed by atoms with Gasteiger partial charge in [-0.05, 0) is 30.2 Å². The summed E-state index contributed by atoms with van der Waals surface area (Å²) in [7, 11) is 0. The Bertz CT molecular complexity index is 1410. The van der Waals surface area contributed by atoms with Gasteiger partial charge in [-0.2, -0.15) is 0 Å². The molecule has 1 atom stereocenters. The van der Waals surface area contributed by atoms with Crippen LogP contribution >= 0.6 is 11.6 Å². The van der Waals surface area contributed by atoms with E-state index in [0.29, 0.717) is 12.1 Å². The van der Waals surface area contributed by atoms with Gasteiger partial charge < -0.3 is 14.9 Å². The lowest BCUT2D eigenvalue weighted by Crippen LogP contribution is -2.37. The maximum atomic E-state index is 15.3. The van der Waals surface area contributed by atoms with E-state index in [9.17, 15) is 0 Å². The topological polar surface area (TPSA) is 60.6 Å². The first-order chi connectivity index (χ1) is 14.7. The van der Waals surface area contributed by atoms with Crippen LogP contribution in [0, 0.1) is 5.82 Å². The van der Waals surface area contributed by atoms with Gasteiger partial charge in [0.25, 0.3) is 0 Å². The second kappa shape index (κ2) is 6.57. The van der Waals surface area contributed by atoms with Crippen molar-refractivity contribution in [2.75, 3.05) is 11.4 Å². The summed E-state index contributed by atoms with van der Waals surface area (Å²) in [6.07, 6.45) is 4.21. The predicted molar refractivity (Wildman–Crippen MR) is 116 cm³/mol. The number of rotatable bonds is 2. The van der Waals surface area contributed by atoms with Gasteiger partial charge in [0, 0.05) is 34.9 Å². The molecular formula is C23H17ClFN5. The molecule has 5 aromatic rings. The maximum absolute atomic E-state index is 15.3. The number of halogens is 2. The molecule has 0 bridgehead atoms. The van der Waals surface area contributed by atoms with Gasteiger partial charge >= 0.3 is 0 Å². The van der Waals surface area contributed by atoms with Crippen LogP contribution in [0.2, 0.25) is 5.02 Å². The quantitative estimate of drug-likeness (QED) is 0.405. The SMILES string of the molecule is Fc1c(Cl)cccc1C1c2[nH]c3ccccc3c2CCN1c1ncnc2[nH]ccc12. The van der Waals surface area contributed by atoms with Crippen LogP contribution in [0.1, 0.15) is 22.9 Å². The second-order valence-corrected chi connectivity index (χ2v) is 7.90. The minimum atomic E-state index is -0.403. The van der Waals surface area contributed by atoms with Crippen molar-refractivity contribution in [1.82, 2.24) is 19.9 Å². The zero-order valence-electron chi connectivity index (χ0n) is 15.9. The number of anilines is 1. The molecule has 0 amide bonds. The number of fused-ring (bicyclic) bond motifs is 4. The van der Waals surface area contributed by atoms with Crippen LogP contribution in [0.5, 0.6) is 0 Å². The summed E-state index contributed by atoms with van der Waals surface area (Å²) < 4.78 is 15.3. The van der Waals surface area contributed by atoms with E-state index in [1.165, 1.54) is 10.9 Å². The lowest BCUT2D eigenvalue weighted by molar-refractivity contribution is 0.567. The van der Waals surface area contributed by atoms with Gasteiger partial charge in [0.15, 0.2) is 0 Å². The van der Waals surface area contributed by atoms with Crippen molar-refractivity contribution in [3.63, 3.8) is 0 Å². The Morgan fingerprint density at radius 3 is 2.87 bits per heavy atom.